The molecule has 6 aromatic rings. The Labute approximate surface area is 497 Å². The zero-order valence-corrected chi connectivity index (χ0v) is 50.4. The van der Waals surface area contributed by atoms with Crippen molar-refractivity contribution in [2.75, 3.05) is 31.2 Å². The molecule has 2 aliphatic rings. The molecular weight excluding hydrogens is 1050 g/mol. The van der Waals surface area contributed by atoms with Crippen molar-refractivity contribution in [3.05, 3.63) is 160 Å². The fraction of sp³-hybridized carbons (Fsp3) is 0.394. The third-order valence-corrected chi connectivity index (χ3v) is 17.2. The number of nitrogens with zero attached hydrogens (tertiary/aromatic N) is 5. The lowest BCUT2D eigenvalue weighted by Crippen LogP contribution is -2.34. The van der Waals surface area contributed by atoms with Crippen molar-refractivity contribution in [2.24, 2.45) is 11.8 Å². The minimum Gasteiger partial charge on any atom is -0.494 e. The maximum Gasteiger partial charge on any atom is 0.346 e. The molecule has 0 saturated heterocycles. The topological polar surface area (TPSA) is 136 Å². The Balaban J connectivity index is 1.16. The molecule has 2 atom stereocenters. The molecule has 0 spiro atoms. The zero-order chi connectivity index (χ0) is 58.7. The Morgan fingerprint density at radius 1 is 0.578 bits per heavy atom. The van der Waals surface area contributed by atoms with E-state index >= 15 is 9.59 Å². The second kappa shape index (κ2) is 30.5. The molecule has 0 fully saturated rings. The Morgan fingerprint density at radius 2 is 1.05 bits per heavy atom. The molecule has 12 heteroatoms. The van der Waals surface area contributed by atoms with Gasteiger partial charge in [0.1, 0.15) is 23.1 Å². The number of fused-ring (bicyclic) bond motifs is 1. The minimum atomic E-state index is -1.28. The van der Waals surface area contributed by atoms with Crippen molar-refractivity contribution in [3.8, 4) is 39.1 Å². The predicted octanol–water partition coefficient (Wildman–Crippen LogP) is 18.1. The molecule has 2 aliphatic heterocycles. The fourth-order valence-electron chi connectivity index (χ4n) is 11.1. The first-order valence-electron chi connectivity index (χ1n) is 30.5. The Kier molecular flexibility index (Phi) is 22.6. The highest BCUT2D eigenvalue weighted by Gasteiger charge is 2.50. The van der Waals surface area contributed by atoms with Gasteiger partial charge in [-0.2, -0.15) is 5.26 Å². The molecule has 0 saturated carbocycles. The molecule has 2 aromatic heterocycles. The van der Waals surface area contributed by atoms with Crippen LogP contribution in [0.1, 0.15) is 160 Å². The smallest absolute Gasteiger partial charge is 0.346 e. The molecule has 2 unspecified atom stereocenters. The number of aromatic nitrogens is 1. The first-order chi connectivity index (χ1) is 40.5. The quantitative estimate of drug-likeness (QED) is 0.0243. The number of carboxylic acid groups (broad SMARTS) is 1. The third-order valence-electron chi connectivity index (χ3n) is 16.0. The molecule has 434 valence electrons. The predicted molar refractivity (Wildman–Crippen MR) is 338 cm³/mol. The van der Waals surface area contributed by atoms with E-state index in [0.29, 0.717) is 60.1 Å². The van der Waals surface area contributed by atoms with E-state index < -0.39 is 5.97 Å². The van der Waals surface area contributed by atoms with Gasteiger partial charge in [0.05, 0.1) is 46.3 Å². The molecule has 83 heavy (non-hydrogen) atoms. The van der Waals surface area contributed by atoms with Gasteiger partial charge in [0.25, 0.3) is 11.8 Å². The van der Waals surface area contributed by atoms with Crippen molar-refractivity contribution in [1.29, 1.82) is 5.26 Å². The highest BCUT2D eigenvalue weighted by atomic mass is 32.1. The fourth-order valence-corrected chi connectivity index (χ4v) is 12.1. The molecule has 1 N–H and O–H groups in total. The van der Waals surface area contributed by atoms with E-state index in [1.54, 1.807) is 35.7 Å². The van der Waals surface area contributed by atoms with Crippen LogP contribution in [0.2, 0.25) is 0 Å². The van der Waals surface area contributed by atoms with Gasteiger partial charge < -0.3 is 29.3 Å². The van der Waals surface area contributed by atoms with Crippen molar-refractivity contribution >= 4 is 63.7 Å². The van der Waals surface area contributed by atoms with Crippen LogP contribution in [0.25, 0.3) is 39.0 Å². The Hall–Kier alpha value is -7.75. The first kappa shape index (κ1) is 61.3. The number of carboxylic acids is 1. The molecule has 0 bridgehead atoms. The van der Waals surface area contributed by atoms with Gasteiger partial charge in [-0.1, -0.05) is 161 Å². The van der Waals surface area contributed by atoms with Crippen LogP contribution < -0.4 is 14.4 Å². The normalized spacial score (nSPS) is 14.1. The number of carbonyl (C=O) groups excluding carboxylic acids is 2. The molecule has 8 rings (SSSR count). The van der Waals surface area contributed by atoms with Gasteiger partial charge in [-0.3, -0.25) is 14.6 Å². The number of nitriles is 1. The number of carbonyl (C=O) groups is 3. The van der Waals surface area contributed by atoms with E-state index in [1.165, 1.54) is 31.8 Å². The average Bonchev–Trinajstić information content (AvgIpc) is 2.33. The SMILES string of the molecule is CCCCCCOc1ccc(N(c2ccc(OCCCCCC)cc2)c2ccc(-c3ccc(C4=C5C(=O)N(CC(CC)CCCC)C(c6ccc(-c7ccc(C=C(C#N)C(=O)O)cc7)cn6)=C5C(=O)N4CC(CC)CCCC)s3)cc2)cc1. The summed E-state index contributed by atoms with van der Waals surface area (Å²) in [4.78, 5) is 55.4. The van der Waals surface area contributed by atoms with Crippen LogP contribution in [0.4, 0.5) is 17.1 Å². The van der Waals surface area contributed by atoms with Gasteiger partial charge in [0.15, 0.2) is 0 Å². The van der Waals surface area contributed by atoms with Crippen LogP contribution in [0, 0.1) is 23.2 Å². The van der Waals surface area contributed by atoms with E-state index in [-0.39, 0.29) is 29.2 Å². The van der Waals surface area contributed by atoms with Crippen LogP contribution in [0.3, 0.4) is 0 Å². The summed E-state index contributed by atoms with van der Waals surface area (Å²) in [5.41, 5.74) is 8.57. The van der Waals surface area contributed by atoms with Crippen molar-refractivity contribution in [2.45, 2.75) is 144 Å². The van der Waals surface area contributed by atoms with E-state index in [2.05, 4.69) is 131 Å². The van der Waals surface area contributed by atoms with Gasteiger partial charge in [0.2, 0.25) is 0 Å². The van der Waals surface area contributed by atoms with Crippen LogP contribution in [0.15, 0.2) is 144 Å². The van der Waals surface area contributed by atoms with Gasteiger partial charge in [-0.15, -0.1) is 11.3 Å². The zero-order valence-electron chi connectivity index (χ0n) is 49.6. The van der Waals surface area contributed by atoms with Crippen LogP contribution in [-0.4, -0.2) is 64.0 Å². The van der Waals surface area contributed by atoms with Gasteiger partial charge >= 0.3 is 5.97 Å². The lowest BCUT2D eigenvalue weighted by molar-refractivity contribution is -0.132. The number of pyridine rings is 1. The minimum absolute atomic E-state index is 0.164. The number of thiophene rings is 1. The van der Waals surface area contributed by atoms with Crippen LogP contribution in [-0.2, 0) is 14.4 Å². The van der Waals surface area contributed by atoms with E-state index in [4.69, 9.17) is 14.5 Å². The van der Waals surface area contributed by atoms with Gasteiger partial charge in [-0.25, -0.2) is 4.79 Å². The number of ether oxygens (including phenoxy) is 2. The van der Waals surface area contributed by atoms with Gasteiger partial charge in [-0.05, 0) is 139 Å². The highest BCUT2D eigenvalue weighted by Crippen LogP contribution is 2.49. The second-order valence-corrected chi connectivity index (χ2v) is 23.1. The second-order valence-electron chi connectivity index (χ2n) is 22.0. The molecule has 0 radical (unpaired) electrons. The third kappa shape index (κ3) is 15.3. The summed E-state index contributed by atoms with van der Waals surface area (Å²) in [5.74, 6) is 0.563. The summed E-state index contributed by atoms with van der Waals surface area (Å²) >= 11 is 1.61. The van der Waals surface area contributed by atoms with E-state index in [0.717, 1.165) is 132 Å². The molecule has 4 aromatic carbocycles. The lowest BCUT2D eigenvalue weighted by Gasteiger charge is -2.29. The number of anilines is 3. The summed E-state index contributed by atoms with van der Waals surface area (Å²) in [6, 6.07) is 42.4. The van der Waals surface area contributed by atoms with Crippen molar-refractivity contribution in [1.82, 2.24) is 14.8 Å². The summed E-state index contributed by atoms with van der Waals surface area (Å²) in [5, 5.41) is 18.7. The monoisotopic (exact) mass is 1130 g/mol. The van der Waals surface area contributed by atoms with E-state index in [9.17, 15) is 15.2 Å². The summed E-state index contributed by atoms with van der Waals surface area (Å²) < 4.78 is 12.3. The Morgan fingerprint density at radius 3 is 1.52 bits per heavy atom. The standard InChI is InChI=1S/C71H83N5O6S/c1-7-13-17-19-43-81-60-36-32-58(33-37-60)76(59-34-38-61(39-35-59)82-44-20-18-14-8-2)57-30-27-54(28-31-57)63-41-42-64(83-63)68-66-65(69(77)75(68)49-51(12-6)22-16-10-4)67(74(70(66)78)48-50(11-5)21-15-9-3)62-40-29-55(47-73-62)53-25-23-52(24-26-53)45-56(46-72)71(79)80/h23-42,45,47,50-51H,7-22,43-44,48-49H2,1-6H3,(H,79,80). The number of rotatable bonds is 33. The number of benzene rings is 4. The number of amides is 2. The van der Waals surface area contributed by atoms with Crippen molar-refractivity contribution in [3.63, 3.8) is 0 Å². The Bertz CT molecular complexity index is 3190. The van der Waals surface area contributed by atoms with E-state index in [1.807, 2.05) is 34.1 Å². The molecule has 0 aliphatic carbocycles. The molecule has 11 nitrogen and oxygen atoms in total. The highest BCUT2D eigenvalue weighted by molar-refractivity contribution is 7.16. The molecule has 4 heterocycles. The average molecular weight is 1130 g/mol. The van der Waals surface area contributed by atoms with Crippen molar-refractivity contribution < 1.29 is 29.0 Å². The lowest BCUT2D eigenvalue weighted by atomic mass is 9.98. The number of unbranched alkanes of at least 4 members (excludes halogenated alkanes) is 8. The summed E-state index contributed by atoms with van der Waals surface area (Å²) in [6.07, 6.45) is 20.2. The number of aliphatic carboxylic acids is 1. The molecule has 2 amide bonds. The van der Waals surface area contributed by atoms with Crippen LogP contribution >= 0.6 is 11.3 Å². The summed E-state index contributed by atoms with van der Waals surface area (Å²) in [6.45, 7) is 15.6. The largest absolute Gasteiger partial charge is 0.494 e. The van der Waals surface area contributed by atoms with Gasteiger partial charge in [0, 0.05) is 46.8 Å². The molecular formula is C71H83N5O6S. The maximum absolute atomic E-state index is 15.5. The maximum atomic E-state index is 15.5. The number of hydrogen-bond donors (Lipinski definition) is 1. The van der Waals surface area contributed by atoms with Crippen LogP contribution in [0.5, 0.6) is 11.5 Å². The summed E-state index contributed by atoms with van der Waals surface area (Å²) in [7, 11) is 0. The first-order valence-corrected chi connectivity index (χ1v) is 31.4. The number of hydrogen-bond acceptors (Lipinski definition) is 9.